The summed E-state index contributed by atoms with van der Waals surface area (Å²) in [6.45, 7) is 2.02. The van der Waals surface area contributed by atoms with Gasteiger partial charge in [-0.15, -0.1) is 0 Å². The molecule has 2 rings (SSSR count). The number of aryl methyl sites for hydroxylation is 1. The fraction of sp³-hybridized carbons (Fsp3) is 0.0667. The van der Waals surface area contributed by atoms with Crippen LogP contribution in [-0.2, 0) is 0 Å². The zero-order valence-electron chi connectivity index (χ0n) is 9.88. The first-order chi connectivity index (χ1) is 8.58. The summed E-state index contributed by atoms with van der Waals surface area (Å²) >= 11 is 5.39. The van der Waals surface area contributed by atoms with Crippen molar-refractivity contribution in [2.24, 2.45) is 0 Å². The summed E-state index contributed by atoms with van der Waals surface area (Å²) in [5, 5.41) is 8.83. The van der Waals surface area contributed by atoms with E-state index in [0.717, 1.165) is 16.0 Å². The Kier molecular flexibility index (Phi) is 3.53. The fourth-order valence-electron chi connectivity index (χ4n) is 1.64. The number of carboxylic acids is 1. The standard InChI is InChI=1S/C15H12O2S/c1-10-2-4-11(5-3-10)14(18)12-6-8-13(9-7-12)15(16)17/h2-9H,1H3,(H,16,17). The maximum atomic E-state index is 10.8. The molecule has 0 saturated carbocycles. The van der Waals surface area contributed by atoms with E-state index in [-0.39, 0.29) is 5.56 Å². The first-order valence-corrected chi connectivity index (χ1v) is 5.93. The van der Waals surface area contributed by atoms with Crippen molar-refractivity contribution in [2.75, 3.05) is 0 Å². The third-order valence-corrected chi connectivity index (χ3v) is 3.18. The zero-order valence-corrected chi connectivity index (χ0v) is 10.7. The van der Waals surface area contributed by atoms with Gasteiger partial charge in [-0.3, -0.25) is 0 Å². The number of hydrogen-bond donors (Lipinski definition) is 1. The molecule has 3 heteroatoms. The van der Waals surface area contributed by atoms with Gasteiger partial charge in [0, 0.05) is 0 Å². The predicted octanol–water partition coefficient (Wildman–Crippen LogP) is 3.46. The molecule has 0 atom stereocenters. The van der Waals surface area contributed by atoms with Crippen molar-refractivity contribution in [3.8, 4) is 0 Å². The monoisotopic (exact) mass is 256 g/mol. The molecule has 0 aliphatic rings. The molecular formula is C15H12O2S. The van der Waals surface area contributed by atoms with E-state index in [1.54, 1.807) is 24.3 Å². The third kappa shape index (κ3) is 2.63. The second-order valence-electron chi connectivity index (χ2n) is 4.08. The minimum Gasteiger partial charge on any atom is -0.478 e. The highest BCUT2D eigenvalue weighted by Crippen LogP contribution is 2.13. The zero-order chi connectivity index (χ0) is 13.1. The Morgan fingerprint density at radius 1 is 0.889 bits per heavy atom. The van der Waals surface area contributed by atoms with Gasteiger partial charge < -0.3 is 5.11 Å². The highest BCUT2D eigenvalue weighted by atomic mass is 32.1. The summed E-state index contributed by atoms with van der Waals surface area (Å²) in [6.07, 6.45) is 0. The van der Waals surface area contributed by atoms with Gasteiger partial charge in [0.2, 0.25) is 0 Å². The first-order valence-electron chi connectivity index (χ1n) is 5.52. The normalized spacial score (nSPS) is 10.1. The highest BCUT2D eigenvalue weighted by molar-refractivity contribution is 7.81. The Balaban J connectivity index is 2.28. The van der Waals surface area contributed by atoms with Crippen molar-refractivity contribution < 1.29 is 9.90 Å². The number of rotatable bonds is 3. The van der Waals surface area contributed by atoms with Gasteiger partial charge in [-0.05, 0) is 30.2 Å². The van der Waals surface area contributed by atoms with Crippen LogP contribution in [0.2, 0.25) is 0 Å². The lowest BCUT2D eigenvalue weighted by molar-refractivity contribution is 0.0697. The van der Waals surface area contributed by atoms with E-state index in [1.807, 2.05) is 31.2 Å². The third-order valence-electron chi connectivity index (χ3n) is 2.71. The Morgan fingerprint density at radius 3 is 1.72 bits per heavy atom. The number of thiocarbonyl (C=S) groups is 1. The molecule has 2 aromatic carbocycles. The smallest absolute Gasteiger partial charge is 0.335 e. The summed E-state index contributed by atoms with van der Waals surface area (Å²) in [5.41, 5.74) is 3.28. The van der Waals surface area contributed by atoms with Crippen LogP contribution in [0.15, 0.2) is 48.5 Å². The van der Waals surface area contributed by atoms with Crippen LogP contribution in [0.5, 0.6) is 0 Å². The molecule has 0 heterocycles. The van der Waals surface area contributed by atoms with Crippen LogP contribution in [0.3, 0.4) is 0 Å². The van der Waals surface area contributed by atoms with Crippen molar-refractivity contribution in [3.05, 3.63) is 70.8 Å². The molecule has 1 N–H and O–H groups in total. The van der Waals surface area contributed by atoms with E-state index in [4.69, 9.17) is 17.3 Å². The van der Waals surface area contributed by atoms with Gasteiger partial charge in [0.25, 0.3) is 0 Å². The Morgan fingerprint density at radius 2 is 1.28 bits per heavy atom. The lowest BCUT2D eigenvalue weighted by atomic mass is 10.0. The SMILES string of the molecule is Cc1ccc(C(=S)c2ccc(C(=O)O)cc2)cc1. The van der Waals surface area contributed by atoms with Gasteiger partial charge in [0.05, 0.1) is 10.4 Å². The van der Waals surface area contributed by atoms with Crippen LogP contribution in [0.25, 0.3) is 0 Å². The first kappa shape index (κ1) is 12.5. The summed E-state index contributed by atoms with van der Waals surface area (Å²) in [7, 11) is 0. The number of hydrogen-bond acceptors (Lipinski definition) is 2. The van der Waals surface area contributed by atoms with E-state index < -0.39 is 5.97 Å². The fourth-order valence-corrected chi connectivity index (χ4v) is 1.91. The molecule has 0 unspecified atom stereocenters. The molecule has 0 radical (unpaired) electrons. The largest absolute Gasteiger partial charge is 0.478 e. The Hall–Kier alpha value is -2.00. The number of carboxylic acid groups (broad SMARTS) is 1. The quantitative estimate of drug-likeness (QED) is 0.675. The molecule has 2 aromatic rings. The van der Waals surface area contributed by atoms with E-state index in [9.17, 15) is 4.79 Å². The second kappa shape index (κ2) is 5.10. The van der Waals surface area contributed by atoms with Crippen molar-refractivity contribution in [1.29, 1.82) is 0 Å². The number of aromatic carboxylic acids is 1. The average Bonchev–Trinajstić information content (AvgIpc) is 2.39. The van der Waals surface area contributed by atoms with Gasteiger partial charge in [0.1, 0.15) is 0 Å². The number of benzene rings is 2. The van der Waals surface area contributed by atoms with Crippen molar-refractivity contribution in [3.63, 3.8) is 0 Å². The van der Waals surface area contributed by atoms with Crippen LogP contribution < -0.4 is 0 Å². The van der Waals surface area contributed by atoms with Gasteiger partial charge in [-0.25, -0.2) is 4.79 Å². The van der Waals surface area contributed by atoms with Crippen molar-refractivity contribution in [2.45, 2.75) is 6.92 Å². The minimum absolute atomic E-state index is 0.269. The molecule has 2 nitrogen and oxygen atoms in total. The van der Waals surface area contributed by atoms with Crippen LogP contribution in [-0.4, -0.2) is 15.9 Å². The van der Waals surface area contributed by atoms with E-state index >= 15 is 0 Å². The Bertz CT molecular complexity index is 583. The maximum absolute atomic E-state index is 10.8. The lowest BCUT2D eigenvalue weighted by Crippen LogP contribution is -2.01. The minimum atomic E-state index is -0.928. The van der Waals surface area contributed by atoms with E-state index in [1.165, 1.54) is 5.56 Å². The molecule has 0 fully saturated rings. The van der Waals surface area contributed by atoms with Crippen molar-refractivity contribution in [1.82, 2.24) is 0 Å². The molecule has 90 valence electrons. The summed E-state index contributed by atoms with van der Waals surface area (Å²) in [5.74, 6) is -0.928. The van der Waals surface area contributed by atoms with Gasteiger partial charge in [-0.2, -0.15) is 0 Å². The summed E-state index contributed by atoms with van der Waals surface area (Å²) in [6, 6.07) is 14.6. The van der Waals surface area contributed by atoms with Crippen LogP contribution in [0, 0.1) is 6.92 Å². The van der Waals surface area contributed by atoms with Gasteiger partial charge in [-0.1, -0.05) is 54.2 Å². The molecule has 0 bridgehead atoms. The number of carbonyl (C=O) groups is 1. The molecule has 0 spiro atoms. The molecular weight excluding hydrogens is 244 g/mol. The van der Waals surface area contributed by atoms with Crippen LogP contribution >= 0.6 is 12.2 Å². The van der Waals surface area contributed by atoms with E-state index in [2.05, 4.69) is 0 Å². The Labute approximate surface area is 111 Å². The summed E-state index contributed by atoms with van der Waals surface area (Å²) in [4.78, 5) is 11.5. The van der Waals surface area contributed by atoms with Crippen LogP contribution in [0.1, 0.15) is 27.0 Å². The second-order valence-corrected chi connectivity index (χ2v) is 4.49. The van der Waals surface area contributed by atoms with E-state index in [0.29, 0.717) is 0 Å². The highest BCUT2D eigenvalue weighted by Gasteiger charge is 2.06. The average molecular weight is 256 g/mol. The molecule has 0 aliphatic carbocycles. The van der Waals surface area contributed by atoms with Gasteiger partial charge in [0.15, 0.2) is 0 Å². The van der Waals surface area contributed by atoms with Crippen LogP contribution in [0.4, 0.5) is 0 Å². The topological polar surface area (TPSA) is 37.3 Å². The maximum Gasteiger partial charge on any atom is 0.335 e. The van der Waals surface area contributed by atoms with Crippen molar-refractivity contribution >= 4 is 23.1 Å². The molecule has 0 aliphatic heterocycles. The lowest BCUT2D eigenvalue weighted by Gasteiger charge is -2.05. The molecule has 0 saturated heterocycles. The molecule has 0 amide bonds. The molecule has 18 heavy (non-hydrogen) atoms. The van der Waals surface area contributed by atoms with Gasteiger partial charge >= 0.3 is 5.97 Å². The predicted molar refractivity (Wildman–Crippen MR) is 75.4 cm³/mol. The summed E-state index contributed by atoms with van der Waals surface area (Å²) < 4.78 is 0. The molecule has 0 aromatic heterocycles.